The molecule has 2 aliphatic heterocycles. The minimum atomic E-state index is -0.453. The Kier molecular flexibility index (Phi) is 4.39. The standard InChI is InChI=1S/C16H20ClFN2O2/c17-12-5-11(6-13(18)7-12)10-20-3-1-16(2-4-20)8-14(21)9-19-15(16)22/h5-7,14,21H,1-4,8-10H2,(H,19,22). The third-order valence-electron chi connectivity index (χ3n) is 4.75. The van der Waals surface area contributed by atoms with Crippen LogP contribution in [0.15, 0.2) is 18.2 Å². The highest BCUT2D eigenvalue weighted by atomic mass is 35.5. The van der Waals surface area contributed by atoms with Gasteiger partial charge in [0.25, 0.3) is 0 Å². The Labute approximate surface area is 134 Å². The third-order valence-corrected chi connectivity index (χ3v) is 4.97. The number of hydrogen-bond donors (Lipinski definition) is 2. The Morgan fingerprint density at radius 3 is 2.77 bits per heavy atom. The van der Waals surface area contributed by atoms with E-state index in [1.165, 1.54) is 12.1 Å². The van der Waals surface area contributed by atoms with Gasteiger partial charge in [0.2, 0.25) is 5.91 Å². The monoisotopic (exact) mass is 326 g/mol. The summed E-state index contributed by atoms with van der Waals surface area (Å²) in [7, 11) is 0. The van der Waals surface area contributed by atoms with Gasteiger partial charge >= 0.3 is 0 Å². The van der Waals surface area contributed by atoms with Crippen LogP contribution in [0.1, 0.15) is 24.8 Å². The van der Waals surface area contributed by atoms with Gasteiger partial charge < -0.3 is 10.4 Å². The van der Waals surface area contributed by atoms with E-state index in [-0.39, 0.29) is 11.7 Å². The summed E-state index contributed by atoms with van der Waals surface area (Å²) >= 11 is 5.88. The van der Waals surface area contributed by atoms with Gasteiger partial charge in [-0.2, -0.15) is 0 Å². The van der Waals surface area contributed by atoms with E-state index in [4.69, 9.17) is 11.6 Å². The lowest BCUT2D eigenvalue weighted by atomic mass is 9.71. The molecule has 4 nitrogen and oxygen atoms in total. The highest BCUT2D eigenvalue weighted by molar-refractivity contribution is 6.30. The number of hydrogen-bond acceptors (Lipinski definition) is 3. The molecule has 1 amide bonds. The number of likely N-dealkylation sites (tertiary alicyclic amines) is 1. The summed E-state index contributed by atoms with van der Waals surface area (Å²) < 4.78 is 13.4. The predicted octanol–water partition coefficient (Wildman–Crippen LogP) is 1.94. The molecule has 120 valence electrons. The Bertz CT molecular complexity index is 553. The molecule has 0 bridgehead atoms. The van der Waals surface area contributed by atoms with Crippen molar-refractivity contribution in [3.63, 3.8) is 0 Å². The van der Waals surface area contributed by atoms with E-state index in [1.54, 1.807) is 6.07 Å². The van der Waals surface area contributed by atoms with Crippen LogP contribution in [0, 0.1) is 11.2 Å². The summed E-state index contributed by atoms with van der Waals surface area (Å²) in [6.45, 7) is 2.49. The van der Waals surface area contributed by atoms with Gasteiger partial charge in [-0.05, 0) is 56.1 Å². The van der Waals surface area contributed by atoms with E-state index in [1.807, 2.05) is 0 Å². The summed E-state index contributed by atoms with van der Waals surface area (Å²) in [4.78, 5) is 14.4. The average molecular weight is 327 g/mol. The van der Waals surface area contributed by atoms with Crippen molar-refractivity contribution < 1.29 is 14.3 Å². The number of benzene rings is 1. The first-order valence-corrected chi connectivity index (χ1v) is 7.98. The van der Waals surface area contributed by atoms with Crippen LogP contribution in [0.2, 0.25) is 5.02 Å². The smallest absolute Gasteiger partial charge is 0.226 e. The highest BCUT2D eigenvalue weighted by Crippen LogP contribution is 2.38. The molecule has 1 unspecified atom stereocenters. The summed E-state index contributed by atoms with van der Waals surface area (Å²) in [6, 6.07) is 4.56. The Hall–Kier alpha value is -1.17. The number of rotatable bonds is 2. The van der Waals surface area contributed by atoms with E-state index < -0.39 is 11.5 Å². The normalized spacial score (nSPS) is 25.2. The lowest BCUT2D eigenvalue weighted by molar-refractivity contribution is -0.141. The number of halogens is 2. The largest absolute Gasteiger partial charge is 0.391 e. The molecule has 22 heavy (non-hydrogen) atoms. The second kappa shape index (κ2) is 6.14. The second-order valence-electron chi connectivity index (χ2n) is 6.40. The first-order valence-electron chi connectivity index (χ1n) is 7.61. The molecule has 3 rings (SSSR count). The van der Waals surface area contributed by atoms with Crippen LogP contribution >= 0.6 is 11.6 Å². The Morgan fingerprint density at radius 2 is 2.09 bits per heavy atom. The van der Waals surface area contributed by atoms with Gasteiger partial charge in [-0.25, -0.2) is 4.39 Å². The first-order chi connectivity index (χ1) is 10.5. The molecule has 0 aromatic heterocycles. The van der Waals surface area contributed by atoms with E-state index in [0.29, 0.717) is 24.5 Å². The van der Waals surface area contributed by atoms with Crippen LogP contribution in [0.3, 0.4) is 0 Å². The van der Waals surface area contributed by atoms with Gasteiger partial charge in [-0.15, -0.1) is 0 Å². The average Bonchev–Trinajstić information content (AvgIpc) is 2.45. The number of amides is 1. The predicted molar refractivity (Wildman–Crippen MR) is 82.0 cm³/mol. The molecule has 0 aliphatic carbocycles. The van der Waals surface area contributed by atoms with Crippen molar-refractivity contribution in [2.45, 2.75) is 31.9 Å². The molecular weight excluding hydrogens is 307 g/mol. The van der Waals surface area contributed by atoms with Crippen LogP contribution < -0.4 is 5.32 Å². The van der Waals surface area contributed by atoms with Crippen molar-refractivity contribution in [1.29, 1.82) is 0 Å². The SMILES string of the molecule is O=C1NCC(O)CC12CCN(Cc1cc(F)cc(Cl)c1)CC2. The van der Waals surface area contributed by atoms with Gasteiger partial charge in [0.15, 0.2) is 0 Å². The fraction of sp³-hybridized carbons (Fsp3) is 0.562. The van der Waals surface area contributed by atoms with Crippen LogP contribution in [-0.4, -0.2) is 41.7 Å². The van der Waals surface area contributed by atoms with E-state index in [0.717, 1.165) is 31.5 Å². The van der Waals surface area contributed by atoms with Crippen LogP contribution in [-0.2, 0) is 11.3 Å². The lowest BCUT2D eigenvalue weighted by Crippen LogP contribution is -2.55. The van der Waals surface area contributed by atoms with Crippen molar-refractivity contribution >= 4 is 17.5 Å². The zero-order valence-electron chi connectivity index (χ0n) is 12.3. The fourth-order valence-corrected chi connectivity index (χ4v) is 3.79. The number of carbonyl (C=O) groups is 1. The lowest BCUT2D eigenvalue weighted by Gasteiger charge is -2.44. The number of nitrogens with one attached hydrogen (secondary N) is 1. The van der Waals surface area contributed by atoms with Crippen molar-refractivity contribution in [1.82, 2.24) is 10.2 Å². The number of aliphatic hydroxyl groups excluding tert-OH is 1. The van der Waals surface area contributed by atoms with Crippen molar-refractivity contribution in [3.05, 3.63) is 34.6 Å². The van der Waals surface area contributed by atoms with Crippen molar-refractivity contribution in [3.8, 4) is 0 Å². The maximum absolute atomic E-state index is 13.4. The molecule has 6 heteroatoms. The molecule has 1 spiro atoms. The van der Waals surface area contributed by atoms with E-state index >= 15 is 0 Å². The zero-order valence-corrected chi connectivity index (χ0v) is 13.1. The molecular formula is C16H20ClFN2O2. The summed E-state index contributed by atoms with van der Waals surface area (Å²) in [5.41, 5.74) is 0.405. The fourth-order valence-electron chi connectivity index (χ4n) is 3.54. The topological polar surface area (TPSA) is 52.6 Å². The Balaban J connectivity index is 1.63. The summed E-state index contributed by atoms with van der Waals surface area (Å²) in [5, 5.41) is 13.0. The molecule has 2 aliphatic rings. The number of aliphatic hydroxyl groups is 1. The molecule has 2 saturated heterocycles. The van der Waals surface area contributed by atoms with Gasteiger partial charge in [0.1, 0.15) is 5.82 Å². The summed E-state index contributed by atoms with van der Waals surface area (Å²) in [5.74, 6) is -0.267. The van der Waals surface area contributed by atoms with E-state index in [9.17, 15) is 14.3 Å². The van der Waals surface area contributed by atoms with E-state index in [2.05, 4.69) is 10.2 Å². The molecule has 0 radical (unpaired) electrons. The van der Waals surface area contributed by atoms with Crippen molar-refractivity contribution in [2.24, 2.45) is 5.41 Å². The molecule has 1 aromatic carbocycles. The molecule has 2 heterocycles. The Morgan fingerprint density at radius 1 is 1.36 bits per heavy atom. The van der Waals surface area contributed by atoms with Crippen LogP contribution in [0.5, 0.6) is 0 Å². The van der Waals surface area contributed by atoms with Gasteiger partial charge in [-0.1, -0.05) is 11.6 Å². The molecule has 1 aromatic rings. The maximum atomic E-state index is 13.4. The highest BCUT2D eigenvalue weighted by Gasteiger charge is 2.45. The van der Waals surface area contributed by atoms with Gasteiger partial charge in [-0.3, -0.25) is 9.69 Å². The molecule has 0 saturated carbocycles. The molecule has 1 atom stereocenters. The number of β-amino-alcohol motifs (C(OH)–C–C–N with tert-alkyl or cyclic N) is 1. The van der Waals surface area contributed by atoms with Crippen molar-refractivity contribution in [2.75, 3.05) is 19.6 Å². The zero-order chi connectivity index (χ0) is 15.7. The number of nitrogens with zero attached hydrogens (tertiary/aromatic N) is 1. The molecule has 2 N–H and O–H groups in total. The summed E-state index contributed by atoms with van der Waals surface area (Å²) in [6.07, 6.45) is 1.53. The number of carbonyl (C=O) groups excluding carboxylic acids is 1. The second-order valence-corrected chi connectivity index (χ2v) is 6.84. The minimum absolute atomic E-state index is 0.0613. The van der Waals surface area contributed by atoms with Crippen LogP contribution in [0.25, 0.3) is 0 Å². The van der Waals surface area contributed by atoms with Gasteiger partial charge in [0.05, 0.1) is 11.5 Å². The molecule has 2 fully saturated rings. The minimum Gasteiger partial charge on any atom is -0.391 e. The number of piperidine rings is 2. The maximum Gasteiger partial charge on any atom is 0.226 e. The van der Waals surface area contributed by atoms with Gasteiger partial charge in [0, 0.05) is 18.1 Å². The first kappa shape index (κ1) is 15.7. The van der Waals surface area contributed by atoms with Crippen LogP contribution in [0.4, 0.5) is 4.39 Å². The quantitative estimate of drug-likeness (QED) is 0.873. The third kappa shape index (κ3) is 3.26.